The standard InChI is InChI=1S/C25H21NO6S2/c1-16-5-3-6-18(13-16)31-11-10-26-23(27)22(34-25(26)29)15-17-8-9-19(20(14-17)30-2)32-24(28)21-7-4-12-33-21/h3-9,12-15H,10-11H2,1-2H3/b22-15-. The summed E-state index contributed by atoms with van der Waals surface area (Å²) in [4.78, 5) is 39.3. The topological polar surface area (TPSA) is 82.1 Å². The van der Waals surface area contributed by atoms with Gasteiger partial charge in [0.1, 0.15) is 17.2 Å². The molecule has 0 unspecified atom stereocenters. The summed E-state index contributed by atoms with van der Waals surface area (Å²) in [5.41, 5.74) is 1.70. The smallest absolute Gasteiger partial charge is 0.353 e. The largest absolute Gasteiger partial charge is 0.493 e. The lowest BCUT2D eigenvalue weighted by Crippen LogP contribution is -2.32. The number of amides is 2. The number of ether oxygens (including phenoxy) is 3. The summed E-state index contributed by atoms with van der Waals surface area (Å²) in [5, 5.41) is 1.44. The van der Waals surface area contributed by atoms with Gasteiger partial charge in [0.2, 0.25) is 0 Å². The van der Waals surface area contributed by atoms with Crippen molar-refractivity contribution in [1.29, 1.82) is 0 Å². The van der Waals surface area contributed by atoms with Crippen molar-refractivity contribution in [3.05, 3.63) is 80.9 Å². The zero-order chi connectivity index (χ0) is 24.1. The summed E-state index contributed by atoms with van der Waals surface area (Å²) < 4.78 is 16.4. The van der Waals surface area contributed by atoms with Gasteiger partial charge in [-0.3, -0.25) is 14.5 Å². The van der Waals surface area contributed by atoms with Crippen LogP contribution >= 0.6 is 23.1 Å². The number of hydrogen-bond acceptors (Lipinski definition) is 8. The predicted molar refractivity (Wildman–Crippen MR) is 132 cm³/mol. The summed E-state index contributed by atoms with van der Waals surface area (Å²) in [6.45, 7) is 2.31. The minimum Gasteiger partial charge on any atom is -0.493 e. The van der Waals surface area contributed by atoms with Gasteiger partial charge in [-0.15, -0.1) is 11.3 Å². The number of rotatable bonds is 8. The number of carbonyl (C=O) groups is 3. The highest BCUT2D eigenvalue weighted by Crippen LogP contribution is 2.35. The van der Waals surface area contributed by atoms with Crippen molar-refractivity contribution in [3.8, 4) is 17.2 Å². The van der Waals surface area contributed by atoms with E-state index in [0.29, 0.717) is 26.8 Å². The zero-order valence-electron chi connectivity index (χ0n) is 18.5. The summed E-state index contributed by atoms with van der Waals surface area (Å²) in [7, 11) is 1.46. The first-order valence-electron chi connectivity index (χ1n) is 10.3. The van der Waals surface area contributed by atoms with E-state index >= 15 is 0 Å². The number of thioether (sulfide) groups is 1. The van der Waals surface area contributed by atoms with Gasteiger partial charge >= 0.3 is 5.97 Å². The lowest BCUT2D eigenvalue weighted by atomic mass is 10.2. The van der Waals surface area contributed by atoms with E-state index < -0.39 is 5.97 Å². The summed E-state index contributed by atoms with van der Waals surface area (Å²) in [5.74, 6) is 0.434. The van der Waals surface area contributed by atoms with Gasteiger partial charge in [-0.2, -0.15) is 0 Å². The summed E-state index contributed by atoms with van der Waals surface area (Å²) >= 11 is 2.15. The Kier molecular flexibility index (Phi) is 7.34. The monoisotopic (exact) mass is 495 g/mol. The average molecular weight is 496 g/mol. The van der Waals surface area contributed by atoms with Gasteiger partial charge in [0, 0.05) is 0 Å². The molecule has 4 rings (SSSR count). The van der Waals surface area contributed by atoms with E-state index in [1.165, 1.54) is 23.3 Å². The quantitative estimate of drug-likeness (QED) is 0.235. The van der Waals surface area contributed by atoms with E-state index in [2.05, 4.69) is 0 Å². The fourth-order valence-electron chi connectivity index (χ4n) is 3.21. The highest BCUT2D eigenvalue weighted by Gasteiger charge is 2.34. The Balaban J connectivity index is 1.42. The van der Waals surface area contributed by atoms with Crippen LogP contribution in [0, 0.1) is 6.92 Å². The van der Waals surface area contributed by atoms with Gasteiger partial charge in [0.05, 0.1) is 18.6 Å². The van der Waals surface area contributed by atoms with Crippen LogP contribution in [-0.2, 0) is 4.79 Å². The van der Waals surface area contributed by atoms with Crippen LogP contribution < -0.4 is 14.2 Å². The third-order valence-corrected chi connectivity index (χ3v) is 6.61. The fraction of sp³-hybridized carbons (Fsp3) is 0.160. The molecule has 1 fully saturated rings. The van der Waals surface area contributed by atoms with Gasteiger partial charge in [0.25, 0.3) is 11.1 Å². The molecule has 2 heterocycles. The number of methoxy groups -OCH3 is 1. The Morgan fingerprint density at radius 3 is 2.65 bits per heavy atom. The molecule has 0 radical (unpaired) electrons. The highest BCUT2D eigenvalue weighted by atomic mass is 32.2. The van der Waals surface area contributed by atoms with Crippen molar-refractivity contribution >= 4 is 46.3 Å². The van der Waals surface area contributed by atoms with Gasteiger partial charge in [-0.25, -0.2) is 4.79 Å². The number of hydrogen-bond donors (Lipinski definition) is 0. The van der Waals surface area contributed by atoms with E-state index in [9.17, 15) is 14.4 Å². The minimum atomic E-state index is -0.477. The number of aryl methyl sites for hydroxylation is 1. The normalized spacial score (nSPS) is 14.5. The molecular formula is C25H21NO6S2. The molecule has 2 aromatic carbocycles. The maximum Gasteiger partial charge on any atom is 0.353 e. The van der Waals surface area contributed by atoms with Gasteiger partial charge in [-0.05, 0) is 71.6 Å². The molecule has 1 aliphatic heterocycles. The second-order valence-corrected chi connectivity index (χ2v) is 9.22. The molecule has 0 saturated carbocycles. The van der Waals surface area contributed by atoms with Crippen molar-refractivity contribution < 1.29 is 28.6 Å². The molecule has 0 N–H and O–H groups in total. The van der Waals surface area contributed by atoms with Crippen molar-refractivity contribution in [2.75, 3.05) is 20.3 Å². The van der Waals surface area contributed by atoms with E-state index in [0.717, 1.165) is 17.3 Å². The Bertz CT molecular complexity index is 1250. The van der Waals surface area contributed by atoms with Crippen LogP contribution in [0.25, 0.3) is 6.08 Å². The van der Waals surface area contributed by atoms with Crippen LogP contribution in [0.4, 0.5) is 4.79 Å². The molecule has 2 amide bonds. The first-order valence-corrected chi connectivity index (χ1v) is 12.0. The molecule has 3 aromatic rings. The number of carbonyl (C=O) groups excluding carboxylic acids is 3. The third-order valence-electron chi connectivity index (χ3n) is 4.86. The van der Waals surface area contributed by atoms with Gasteiger partial charge in [0.15, 0.2) is 11.5 Å². The number of imide groups is 1. The van der Waals surface area contributed by atoms with Crippen LogP contribution in [0.5, 0.6) is 17.2 Å². The summed E-state index contributed by atoms with van der Waals surface area (Å²) in [6, 6.07) is 15.9. The molecule has 1 aliphatic rings. The fourth-order valence-corrected chi connectivity index (χ4v) is 4.67. The van der Waals surface area contributed by atoms with Crippen LogP contribution in [0.15, 0.2) is 64.9 Å². The predicted octanol–water partition coefficient (Wildman–Crippen LogP) is 5.40. The number of benzene rings is 2. The zero-order valence-corrected chi connectivity index (χ0v) is 20.1. The number of thiophene rings is 1. The lowest BCUT2D eigenvalue weighted by Gasteiger charge is -2.13. The first kappa shape index (κ1) is 23.6. The average Bonchev–Trinajstić information content (AvgIpc) is 3.45. The Labute approximate surface area is 204 Å². The van der Waals surface area contributed by atoms with Crippen LogP contribution in [0.3, 0.4) is 0 Å². The van der Waals surface area contributed by atoms with Crippen molar-refractivity contribution in [1.82, 2.24) is 4.90 Å². The van der Waals surface area contributed by atoms with E-state index in [1.807, 2.05) is 31.2 Å². The SMILES string of the molecule is COc1cc(/C=C2\SC(=O)N(CCOc3cccc(C)c3)C2=O)ccc1OC(=O)c1cccs1. The summed E-state index contributed by atoms with van der Waals surface area (Å²) in [6.07, 6.45) is 1.61. The Hall–Kier alpha value is -3.56. The molecule has 7 nitrogen and oxygen atoms in total. The van der Waals surface area contributed by atoms with Crippen molar-refractivity contribution in [2.24, 2.45) is 0 Å². The molecule has 0 bridgehead atoms. The molecular weight excluding hydrogens is 474 g/mol. The first-order chi connectivity index (χ1) is 16.4. The van der Waals surface area contributed by atoms with E-state index in [-0.39, 0.29) is 30.0 Å². The highest BCUT2D eigenvalue weighted by molar-refractivity contribution is 8.18. The molecule has 1 aromatic heterocycles. The maximum absolute atomic E-state index is 12.8. The molecule has 0 atom stereocenters. The minimum absolute atomic E-state index is 0.150. The van der Waals surface area contributed by atoms with E-state index in [1.54, 1.807) is 41.8 Å². The molecule has 174 valence electrons. The van der Waals surface area contributed by atoms with Crippen LogP contribution in [0.2, 0.25) is 0 Å². The van der Waals surface area contributed by atoms with E-state index in [4.69, 9.17) is 14.2 Å². The molecule has 0 aliphatic carbocycles. The van der Waals surface area contributed by atoms with Crippen LogP contribution in [-0.4, -0.2) is 42.3 Å². The second kappa shape index (κ2) is 10.6. The van der Waals surface area contributed by atoms with Gasteiger partial charge < -0.3 is 14.2 Å². The molecule has 0 spiro atoms. The van der Waals surface area contributed by atoms with Crippen LogP contribution in [0.1, 0.15) is 20.8 Å². The molecule has 34 heavy (non-hydrogen) atoms. The Morgan fingerprint density at radius 1 is 1.06 bits per heavy atom. The number of esters is 1. The number of nitrogens with zero attached hydrogens (tertiary/aromatic N) is 1. The lowest BCUT2D eigenvalue weighted by molar-refractivity contribution is -0.123. The molecule has 9 heteroatoms. The Morgan fingerprint density at radius 2 is 1.91 bits per heavy atom. The van der Waals surface area contributed by atoms with Crippen molar-refractivity contribution in [2.45, 2.75) is 6.92 Å². The van der Waals surface area contributed by atoms with Gasteiger partial charge in [-0.1, -0.05) is 24.3 Å². The second-order valence-electron chi connectivity index (χ2n) is 7.28. The third kappa shape index (κ3) is 5.49. The molecule has 1 saturated heterocycles. The maximum atomic E-state index is 12.8. The van der Waals surface area contributed by atoms with Crippen molar-refractivity contribution in [3.63, 3.8) is 0 Å².